The number of fused-ring (bicyclic) bond motifs is 1. The number of pyridine rings is 1. The zero-order valence-electron chi connectivity index (χ0n) is 9.06. The van der Waals surface area contributed by atoms with Gasteiger partial charge < -0.3 is 10.1 Å². The minimum atomic E-state index is -0.0691. The highest BCUT2D eigenvalue weighted by atomic mass is 35.5. The molecule has 0 saturated heterocycles. The second-order valence-electron chi connectivity index (χ2n) is 3.86. The molecule has 3 rings (SSSR count). The molecule has 1 aromatic heterocycles. The predicted molar refractivity (Wildman–Crippen MR) is 67.5 cm³/mol. The summed E-state index contributed by atoms with van der Waals surface area (Å²) in [5.74, 6) is 1.56. The molecule has 0 bridgehead atoms. The normalized spacial score (nSPS) is 17.8. The van der Waals surface area contributed by atoms with Crippen LogP contribution in [0.15, 0.2) is 42.6 Å². The van der Waals surface area contributed by atoms with Crippen LogP contribution in [0.3, 0.4) is 0 Å². The van der Waals surface area contributed by atoms with E-state index in [1.165, 1.54) is 0 Å². The molecule has 0 radical (unpaired) electrons. The maximum absolute atomic E-state index is 6.16. The van der Waals surface area contributed by atoms with Gasteiger partial charge in [-0.2, -0.15) is 0 Å². The lowest BCUT2D eigenvalue weighted by molar-refractivity contribution is 0.209. The number of rotatable bonds is 1. The summed E-state index contributed by atoms with van der Waals surface area (Å²) < 4.78 is 5.89. The second kappa shape index (κ2) is 4.26. The monoisotopic (exact) mass is 246 g/mol. The number of anilines is 1. The Bertz CT molecular complexity index is 544. The first-order chi connectivity index (χ1) is 8.34. The highest BCUT2D eigenvalue weighted by molar-refractivity contribution is 6.31. The molecule has 1 aromatic carbocycles. The second-order valence-corrected chi connectivity index (χ2v) is 4.27. The van der Waals surface area contributed by atoms with Crippen molar-refractivity contribution in [2.24, 2.45) is 0 Å². The molecule has 3 nitrogen and oxygen atoms in total. The van der Waals surface area contributed by atoms with E-state index >= 15 is 0 Å². The van der Waals surface area contributed by atoms with Crippen LogP contribution < -0.4 is 10.1 Å². The van der Waals surface area contributed by atoms with Crippen LogP contribution in [0.25, 0.3) is 0 Å². The van der Waals surface area contributed by atoms with Crippen LogP contribution >= 0.6 is 11.6 Å². The Morgan fingerprint density at radius 3 is 3.00 bits per heavy atom. The van der Waals surface area contributed by atoms with Crippen LogP contribution in [0, 0.1) is 0 Å². The zero-order valence-corrected chi connectivity index (χ0v) is 9.82. The topological polar surface area (TPSA) is 34.2 Å². The van der Waals surface area contributed by atoms with Gasteiger partial charge in [-0.05, 0) is 18.2 Å². The Morgan fingerprint density at radius 1 is 1.24 bits per heavy atom. The Morgan fingerprint density at radius 2 is 2.12 bits per heavy atom. The molecule has 1 N–H and O–H groups in total. The quantitative estimate of drug-likeness (QED) is 0.839. The minimum Gasteiger partial charge on any atom is -0.480 e. The van der Waals surface area contributed by atoms with Crippen LogP contribution in [-0.4, -0.2) is 11.5 Å². The van der Waals surface area contributed by atoms with Gasteiger partial charge in [0.15, 0.2) is 11.6 Å². The fourth-order valence-corrected chi connectivity index (χ4v) is 2.17. The number of halogens is 1. The first-order valence-corrected chi connectivity index (χ1v) is 5.82. The molecule has 1 atom stereocenters. The van der Waals surface area contributed by atoms with Crippen molar-refractivity contribution in [2.75, 3.05) is 11.9 Å². The van der Waals surface area contributed by atoms with Gasteiger partial charge in [0, 0.05) is 16.8 Å². The predicted octanol–water partition coefficient (Wildman–Crippen LogP) is 3.28. The van der Waals surface area contributed by atoms with Crippen LogP contribution in [0.2, 0.25) is 5.02 Å². The average Bonchev–Trinajstić information content (AvgIpc) is 2.39. The van der Waals surface area contributed by atoms with E-state index in [1.807, 2.05) is 36.4 Å². The van der Waals surface area contributed by atoms with Crippen molar-refractivity contribution in [1.82, 2.24) is 4.98 Å². The van der Waals surface area contributed by atoms with E-state index in [2.05, 4.69) is 10.3 Å². The maximum atomic E-state index is 6.16. The number of ether oxygens (including phenoxy) is 1. The van der Waals surface area contributed by atoms with Gasteiger partial charge in [0.25, 0.3) is 0 Å². The number of benzene rings is 1. The molecule has 0 aliphatic carbocycles. The molecule has 86 valence electrons. The van der Waals surface area contributed by atoms with Gasteiger partial charge in [-0.15, -0.1) is 0 Å². The van der Waals surface area contributed by atoms with Crippen molar-refractivity contribution in [3.05, 3.63) is 53.2 Å². The highest BCUT2D eigenvalue weighted by Gasteiger charge is 2.22. The van der Waals surface area contributed by atoms with Crippen molar-refractivity contribution in [1.29, 1.82) is 0 Å². The van der Waals surface area contributed by atoms with E-state index < -0.39 is 0 Å². The third kappa shape index (κ3) is 1.94. The van der Waals surface area contributed by atoms with Crippen LogP contribution in [0.4, 0.5) is 5.82 Å². The lowest BCUT2D eigenvalue weighted by Crippen LogP contribution is -2.24. The third-order valence-corrected chi connectivity index (χ3v) is 3.09. The summed E-state index contributed by atoms with van der Waals surface area (Å²) >= 11 is 6.16. The molecular weight excluding hydrogens is 236 g/mol. The summed E-state index contributed by atoms with van der Waals surface area (Å²) in [6, 6.07) is 11.5. The summed E-state index contributed by atoms with van der Waals surface area (Å²) in [5.41, 5.74) is 0.996. The molecular formula is C13H11ClN2O. The van der Waals surface area contributed by atoms with Crippen molar-refractivity contribution >= 4 is 17.4 Å². The molecule has 2 aromatic rings. The molecule has 4 heteroatoms. The van der Waals surface area contributed by atoms with Crippen molar-refractivity contribution in [3.63, 3.8) is 0 Å². The van der Waals surface area contributed by atoms with Crippen LogP contribution in [-0.2, 0) is 0 Å². The first-order valence-electron chi connectivity index (χ1n) is 5.44. The number of aromatic nitrogens is 1. The van der Waals surface area contributed by atoms with Gasteiger partial charge in [-0.25, -0.2) is 4.98 Å². The summed E-state index contributed by atoms with van der Waals surface area (Å²) in [6.45, 7) is 0.674. The standard InChI is InChI=1S/C13H11ClN2O/c14-10-5-2-1-4-9(10)12-8-16-13-11(17-12)6-3-7-15-13/h1-7,12H,8H2,(H,15,16). The van der Waals surface area contributed by atoms with Gasteiger partial charge >= 0.3 is 0 Å². The summed E-state index contributed by atoms with van der Waals surface area (Å²) in [6.07, 6.45) is 1.67. The van der Waals surface area contributed by atoms with Gasteiger partial charge in [0.05, 0.1) is 6.54 Å². The van der Waals surface area contributed by atoms with E-state index in [1.54, 1.807) is 6.20 Å². The molecule has 0 amide bonds. The van der Waals surface area contributed by atoms with Crippen molar-refractivity contribution < 1.29 is 4.74 Å². The van der Waals surface area contributed by atoms with Crippen LogP contribution in [0.1, 0.15) is 11.7 Å². The fourth-order valence-electron chi connectivity index (χ4n) is 1.91. The number of nitrogens with one attached hydrogen (secondary N) is 1. The molecule has 1 aliphatic heterocycles. The van der Waals surface area contributed by atoms with Crippen LogP contribution in [0.5, 0.6) is 5.75 Å². The lowest BCUT2D eigenvalue weighted by atomic mass is 10.1. The molecule has 1 unspecified atom stereocenters. The Balaban J connectivity index is 1.92. The largest absolute Gasteiger partial charge is 0.480 e. The van der Waals surface area contributed by atoms with Gasteiger partial charge in [0.1, 0.15) is 6.10 Å². The first kappa shape index (κ1) is 10.4. The van der Waals surface area contributed by atoms with E-state index in [0.29, 0.717) is 6.54 Å². The number of hydrogen-bond donors (Lipinski definition) is 1. The minimum absolute atomic E-state index is 0.0691. The van der Waals surface area contributed by atoms with Gasteiger partial charge in [-0.3, -0.25) is 0 Å². The third-order valence-electron chi connectivity index (χ3n) is 2.75. The average molecular weight is 247 g/mol. The van der Waals surface area contributed by atoms with E-state index in [4.69, 9.17) is 16.3 Å². The highest BCUT2D eigenvalue weighted by Crippen LogP contribution is 2.34. The van der Waals surface area contributed by atoms with Gasteiger partial charge in [-0.1, -0.05) is 29.8 Å². The van der Waals surface area contributed by atoms with Crippen molar-refractivity contribution in [3.8, 4) is 5.75 Å². The van der Waals surface area contributed by atoms with Crippen molar-refractivity contribution in [2.45, 2.75) is 6.10 Å². The summed E-state index contributed by atoms with van der Waals surface area (Å²) in [4.78, 5) is 4.20. The summed E-state index contributed by atoms with van der Waals surface area (Å²) in [5, 5.41) is 3.97. The van der Waals surface area contributed by atoms with E-state index in [9.17, 15) is 0 Å². The van der Waals surface area contributed by atoms with E-state index in [-0.39, 0.29) is 6.10 Å². The Kier molecular flexibility index (Phi) is 2.61. The lowest BCUT2D eigenvalue weighted by Gasteiger charge is -2.27. The zero-order chi connectivity index (χ0) is 11.7. The Hall–Kier alpha value is -1.74. The molecule has 0 fully saturated rings. The SMILES string of the molecule is Clc1ccccc1C1CNc2ncccc2O1. The number of hydrogen-bond acceptors (Lipinski definition) is 3. The smallest absolute Gasteiger partial charge is 0.168 e. The molecule has 1 aliphatic rings. The molecule has 17 heavy (non-hydrogen) atoms. The molecule has 2 heterocycles. The summed E-state index contributed by atoms with van der Waals surface area (Å²) in [7, 11) is 0. The molecule has 0 saturated carbocycles. The maximum Gasteiger partial charge on any atom is 0.168 e. The van der Waals surface area contributed by atoms with E-state index in [0.717, 1.165) is 22.2 Å². The molecule has 0 spiro atoms. The fraction of sp³-hybridized carbons (Fsp3) is 0.154. The Labute approximate surface area is 104 Å². The van der Waals surface area contributed by atoms with Gasteiger partial charge in [0.2, 0.25) is 0 Å². The number of nitrogens with zero attached hydrogens (tertiary/aromatic N) is 1.